The van der Waals surface area contributed by atoms with E-state index in [1.807, 2.05) is 0 Å². The first-order valence-electron chi connectivity index (χ1n) is 9.23. The first kappa shape index (κ1) is 16.1. The smallest absolute Gasteiger partial charge is 0.410 e. The molecule has 2 fully saturated rings. The third-order valence-corrected chi connectivity index (χ3v) is 6.56. The van der Waals surface area contributed by atoms with Crippen molar-refractivity contribution in [2.45, 2.75) is 44.1 Å². The maximum Gasteiger partial charge on any atom is 0.412 e. The van der Waals surface area contributed by atoms with Crippen LogP contribution in [0.4, 0.5) is 4.79 Å². The summed E-state index contributed by atoms with van der Waals surface area (Å²) in [5, 5.41) is 12.3. The van der Waals surface area contributed by atoms with E-state index in [4.69, 9.17) is 26.7 Å². The molecule has 7 heteroatoms. The van der Waals surface area contributed by atoms with E-state index in [9.17, 15) is 4.79 Å². The van der Waals surface area contributed by atoms with Gasteiger partial charge in [0.2, 0.25) is 0 Å². The second-order valence-corrected chi connectivity index (χ2v) is 8.30. The van der Waals surface area contributed by atoms with Gasteiger partial charge >= 0.3 is 6.09 Å². The van der Waals surface area contributed by atoms with Crippen LogP contribution in [0.5, 0.6) is 5.75 Å². The SMILES string of the molecule is CNC(=O)Oc1cc(Cl)c2c(=N)n3c(nc2c1)C1CC2CC(C1)CC3C2. The van der Waals surface area contributed by atoms with Crippen LogP contribution in [0.1, 0.15) is 49.9 Å². The van der Waals surface area contributed by atoms with E-state index in [0.29, 0.717) is 39.1 Å². The van der Waals surface area contributed by atoms with Gasteiger partial charge in [0.15, 0.2) is 0 Å². The predicted molar refractivity (Wildman–Crippen MR) is 97.5 cm³/mol. The largest absolute Gasteiger partial charge is 0.412 e. The van der Waals surface area contributed by atoms with Crippen LogP contribution in [0.25, 0.3) is 10.9 Å². The average molecular weight is 373 g/mol. The Morgan fingerprint density at radius 3 is 2.69 bits per heavy atom. The number of ether oxygens (including phenoxy) is 1. The van der Waals surface area contributed by atoms with Crippen LogP contribution >= 0.6 is 11.6 Å². The first-order valence-corrected chi connectivity index (χ1v) is 9.61. The molecule has 6 rings (SSSR count). The molecule has 2 aliphatic heterocycles. The van der Waals surface area contributed by atoms with Crippen LogP contribution in [0.3, 0.4) is 0 Å². The molecule has 2 unspecified atom stereocenters. The lowest BCUT2D eigenvalue weighted by Gasteiger charge is -2.37. The highest BCUT2D eigenvalue weighted by molar-refractivity contribution is 6.35. The van der Waals surface area contributed by atoms with Gasteiger partial charge in [-0.1, -0.05) is 11.6 Å². The molecule has 2 aliphatic carbocycles. The summed E-state index contributed by atoms with van der Waals surface area (Å²) in [7, 11) is 1.51. The summed E-state index contributed by atoms with van der Waals surface area (Å²) in [6, 6.07) is 3.67. The fraction of sp³-hybridized carbons (Fsp3) is 0.526. The first-order chi connectivity index (χ1) is 12.5. The van der Waals surface area contributed by atoms with Gasteiger partial charge < -0.3 is 14.6 Å². The van der Waals surface area contributed by atoms with Gasteiger partial charge in [0.25, 0.3) is 0 Å². The molecule has 4 aliphatic rings. The third kappa shape index (κ3) is 2.35. The molecule has 0 radical (unpaired) electrons. The minimum absolute atomic E-state index is 0.346. The quantitative estimate of drug-likeness (QED) is 0.800. The normalized spacial score (nSPS) is 28.7. The molecule has 1 aromatic carbocycles. The highest BCUT2D eigenvalue weighted by atomic mass is 35.5. The van der Waals surface area contributed by atoms with Crippen molar-refractivity contribution in [1.29, 1.82) is 5.41 Å². The molecule has 1 amide bonds. The lowest BCUT2D eigenvalue weighted by Crippen LogP contribution is -2.31. The summed E-state index contributed by atoms with van der Waals surface area (Å²) < 4.78 is 7.38. The molecule has 1 aromatic heterocycles. The van der Waals surface area contributed by atoms with E-state index >= 15 is 0 Å². The summed E-state index contributed by atoms with van der Waals surface area (Å²) in [4.78, 5) is 16.5. The van der Waals surface area contributed by atoms with Gasteiger partial charge in [-0.25, -0.2) is 9.78 Å². The number of amides is 1. The number of hydrogen-bond donors (Lipinski definition) is 2. The van der Waals surface area contributed by atoms with Gasteiger partial charge in [-0.2, -0.15) is 0 Å². The zero-order valence-electron chi connectivity index (χ0n) is 14.6. The molecule has 2 aromatic rings. The van der Waals surface area contributed by atoms with Crippen molar-refractivity contribution >= 4 is 28.6 Å². The van der Waals surface area contributed by atoms with E-state index in [0.717, 1.165) is 30.5 Å². The van der Waals surface area contributed by atoms with E-state index in [-0.39, 0.29) is 0 Å². The summed E-state index contributed by atoms with van der Waals surface area (Å²) in [5.41, 5.74) is 1.08. The number of carbonyl (C=O) groups is 1. The van der Waals surface area contributed by atoms with Crippen LogP contribution in [0.15, 0.2) is 12.1 Å². The van der Waals surface area contributed by atoms with Gasteiger partial charge in [-0.15, -0.1) is 0 Å². The number of fused-ring (bicyclic) bond motifs is 1. The van der Waals surface area contributed by atoms with Gasteiger partial charge in [0.05, 0.1) is 15.9 Å². The highest BCUT2D eigenvalue weighted by Gasteiger charge is 2.43. The van der Waals surface area contributed by atoms with Crippen LogP contribution in [0, 0.1) is 17.2 Å². The number of nitrogens with zero attached hydrogens (tertiary/aromatic N) is 2. The van der Waals surface area contributed by atoms with Crippen LogP contribution in [-0.4, -0.2) is 22.7 Å². The van der Waals surface area contributed by atoms with Crippen molar-refractivity contribution in [3.63, 3.8) is 0 Å². The molecule has 26 heavy (non-hydrogen) atoms. The molecule has 6 nitrogen and oxygen atoms in total. The molecule has 2 atom stereocenters. The Morgan fingerprint density at radius 1 is 1.27 bits per heavy atom. The maximum atomic E-state index is 11.5. The van der Waals surface area contributed by atoms with E-state index in [1.165, 1.54) is 26.3 Å². The predicted octanol–water partition coefficient (Wildman–Crippen LogP) is 3.74. The zero-order chi connectivity index (χ0) is 18.0. The molecule has 4 bridgehead atoms. The Kier molecular flexibility index (Phi) is 3.54. The Hall–Kier alpha value is -2.08. The molecular formula is C19H21ClN4O2. The lowest BCUT2D eigenvalue weighted by molar-refractivity contribution is 0.150. The fourth-order valence-electron chi connectivity index (χ4n) is 5.41. The van der Waals surface area contributed by atoms with Crippen LogP contribution in [0.2, 0.25) is 5.02 Å². The van der Waals surface area contributed by atoms with E-state index in [1.54, 1.807) is 12.1 Å². The van der Waals surface area contributed by atoms with Crippen molar-refractivity contribution in [2.75, 3.05) is 7.05 Å². The number of hydrogen-bond acceptors (Lipinski definition) is 4. The van der Waals surface area contributed by atoms with E-state index in [2.05, 4.69) is 9.88 Å². The number of carbonyl (C=O) groups excluding carboxylic acids is 1. The van der Waals surface area contributed by atoms with Crippen molar-refractivity contribution in [1.82, 2.24) is 14.9 Å². The Morgan fingerprint density at radius 2 is 2.00 bits per heavy atom. The number of halogens is 1. The summed E-state index contributed by atoms with van der Waals surface area (Å²) >= 11 is 6.47. The number of benzene rings is 1. The van der Waals surface area contributed by atoms with Gasteiger partial charge in [0.1, 0.15) is 17.1 Å². The van der Waals surface area contributed by atoms with Crippen LogP contribution < -0.4 is 15.5 Å². The van der Waals surface area contributed by atoms with Crippen molar-refractivity contribution < 1.29 is 9.53 Å². The second-order valence-electron chi connectivity index (χ2n) is 7.89. The Labute approximate surface area is 156 Å². The fourth-order valence-corrected chi connectivity index (χ4v) is 5.71. The lowest BCUT2D eigenvalue weighted by atomic mass is 9.68. The van der Waals surface area contributed by atoms with Gasteiger partial charge in [-0.05, 0) is 43.9 Å². The van der Waals surface area contributed by atoms with Crippen LogP contribution in [-0.2, 0) is 0 Å². The Bertz CT molecular complexity index is 972. The summed E-state index contributed by atoms with van der Waals surface area (Å²) in [6.07, 6.45) is 5.43. The molecule has 0 spiro atoms. The maximum absolute atomic E-state index is 11.5. The average Bonchev–Trinajstić information content (AvgIpc) is 2.75. The third-order valence-electron chi connectivity index (χ3n) is 6.26. The van der Waals surface area contributed by atoms with E-state index < -0.39 is 6.09 Å². The molecule has 3 heterocycles. The summed E-state index contributed by atoms with van der Waals surface area (Å²) in [6.45, 7) is 0. The summed E-state index contributed by atoms with van der Waals surface area (Å²) in [5.74, 6) is 3.29. The minimum Gasteiger partial charge on any atom is -0.410 e. The standard InChI is InChI=1S/C19H21ClN4O2/c1-22-19(25)26-13-7-14(20)16-15(8-13)23-18-11-3-9-2-10(4-11)6-12(5-9)24(18)17(16)21/h7-12,21H,2-6H2,1H3,(H,22,25). The molecule has 2 N–H and O–H groups in total. The van der Waals surface area contributed by atoms with Crippen molar-refractivity contribution in [3.05, 3.63) is 28.5 Å². The highest BCUT2D eigenvalue weighted by Crippen LogP contribution is 2.52. The second kappa shape index (κ2) is 5.71. The van der Waals surface area contributed by atoms with Gasteiger partial charge in [0, 0.05) is 31.1 Å². The van der Waals surface area contributed by atoms with Gasteiger partial charge in [-0.3, -0.25) is 5.41 Å². The molecule has 0 saturated heterocycles. The molecule has 136 valence electrons. The molecule has 2 saturated carbocycles. The minimum atomic E-state index is -0.549. The number of aromatic nitrogens is 2. The topological polar surface area (TPSA) is 80.0 Å². The number of nitrogens with one attached hydrogen (secondary N) is 2. The number of rotatable bonds is 1. The molecular weight excluding hydrogens is 352 g/mol. The monoisotopic (exact) mass is 372 g/mol. The zero-order valence-corrected chi connectivity index (χ0v) is 15.3. The Balaban J connectivity index is 1.72. The van der Waals surface area contributed by atoms with Crippen molar-refractivity contribution in [3.8, 4) is 5.75 Å². The van der Waals surface area contributed by atoms with Crippen molar-refractivity contribution in [2.24, 2.45) is 11.8 Å².